The number of pyridine rings is 2. The van der Waals surface area contributed by atoms with E-state index in [9.17, 15) is 0 Å². The molecule has 0 atom stereocenters. The number of hydrogen-bond donors (Lipinski definition) is 1. The van der Waals surface area contributed by atoms with Gasteiger partial charge in [-0.2, -0.15) is 0 Å². The fraction of sp³-hybridized carbons (Fsp3) is 0. The van der Waals surface area contributed by atoms with Crippen molar-refractivity contribution in [2.24, 2.45) is 0 Å². The summed E-state index contributed by atoms with van der Waals surface area (Å²) in [4.78, 5) is 9.43. The zero-order valence-electron chi connectivity index (χ0n) is 14.4. The summed E-state index contributed by atoms with van der Waals surface area (Å²) in [6.07, 6.45) is 0. The molecule has 0 bridgehead atoms. The predicted octanol–water partition coefficient (Wildman–Crippen LogP) is 6.81. The Labute approximate surface area is 193 Å². The van der Waals surface area contributed by atoms with Crippen LogP contribution in [0.4, 0.5) is 0 Å². The van der Waals surface area contributed by atoms with Crippen LogP contribution in [0.25, 0.3) is 26.3 Å². The van der Waals surface area contributed by atoms with Gasteiger partial charge in [0.15, 0.2) is 0 Å². The Kier molecular flexibility index (Phi) is 7.88. The van der Waals surface area contributed by atoms with E-state index in [1.807, 2.05) is 42.5 Å². The van der Waals surface area contributed by atoms with Gasteiger partial charge in [0.1, 0.15) is 0 Å². The smallest absolute Gasteiger partial charge is 0.147 e. The first-order valence-corrected chi connectivity index (χ1v) is 10.3. The molecule has 4 rings (SSSR count). The van der Waals surface area contributed by atoms with Gasteiger partial charge in [0, 0.05) is 0 Å². The van der Waals surface area contributed by atoms with Crippen molar-refractivity contribution in [2.75, 3.05) is 0 Å². The topological polar surface area (TPSA) is 60.8 Å². The van der Waals surface area contributed by atoms with Gasteiger partial charge in [-0.05, 0) is 0 Å². The number of rotatable bonds is 3. The van der Waals surface area contributed by atoms with Crippen molar-refractivity contribution in [1.82, 2.24) is 16.1 Å². The number of nitrogens with zero attached hydrogens (tertiary/aromatic N) is 2. The molecule has 0 unspecified atom stereocenters. The Balaban J connectivity index is 0.00000140. The first-order valence-electron chi connectivity index (χ1n) is 7.64. The number of halogens is 4. The minimum atomic E-state index is 0. The van der Waals surface area contributed by atoms with E-state index in [1.54, 1.807) is 0 Å². The SMILES string of the molecule is C=[C]([Fe][c]1c(Cl)cccc1Cl)c1ccc2ccc3ccc(Br)nc3c2n1.Cl.N. The van der Waals surface area contributed by atoms with Crippen molar-refractivity contribution in [3.05, 3.63) is 81.5 Å². The molecule has 2 aromatic heterocycles. The Morgan fingerprint density at radius 3 is 2.04 bits per heavy atom. The molecule has 0 amide bonds. The summed E-state index contributed by atoms with van der Waals surface area (Å²) in [6, 6.07) is 17.6. The molecule has 0 aliphatic heterocycles. The zero-order chi connectivity index (χ0) is 18.3. The van der Waals surface area contributed by atoms with Crippen LogP contribution in [0.3, 0.4) is 0 Å². The van der Waals surface area contributed by atoms with Crippen molar-refractivity contribution >= 4 is 82.3 Å². The predicted molar refractivity (Wildman–Crippen MR) is 122 cm³/mol. The zero-order valence-corrected chi connectivity index (χ0v) is 19.4. The van der Waals surface area contributed by atoms with Crippen LogP contribution in [0.2, 0.25) is 10.0 Å². The molecule has 3 nitrogen and oxygen atoms in total. The molecule has 146 valence electrons. The molecule has 2 heterocycles. The van der Waals surface area contributed by atoms with Gasteiger partial charge >= 0.3 is 176 Å². The first-order chi connectivity index (χ1) is 12.5. The molecule has 0 fully saturated rings. The summed E-state index contributed by atoms with van der Waals surface area (Å²) in [5.41, 5.74) is 2.53. The maximum atomic E-state index is 6.29. The van der Waals surface area contributed by atoms with Gasteiger partial charge in [-0.15, -0.1) is 12.4 Å². The fourth-order valence-corrected chi connectivity index (χ4v) is 4.66. The van der Waals surface area contributed by atoms with Gasteiger partial charge < -0.3 is 6.15 Å². The van der Waals surface area contributed by atoms with Crippen LogP contribution >= 0.6 is 51.5 Å². The van der Waals surface area contributed by atoms with Crippen molar-refractivity contribution in [1.29, 1.82) is 0 Å². The first kappa shape index (κ1) is 23.1. The average molecular weight is 539 g/mol. The number of aromatic nitrogens is 2. The van der Waals surface area contributed by atoms with Crippen LogP contribution in [-0.4, -0.2) is 9.97 Å². The summed E-state index contributed by atoms with van der Waals surface area (Å²) < 4.78 is 2.50. The van der Waals surface area contributed by atoms with Gasteiger partial charge in [0.05, 0.1) is 0 Å². The van der Waals surface area contributed by atoms with Crippen LogP contribution < -0.4 is 10.6 Å². The Bertz CT molecular complexity index is 1160. The van der Waals surface area contributed by atoms with Crippen molar-refractivity contribution in [3.8, 4) is 0 Å². The third kappa shape index (κ3) is 4.52. The molecule has 4 aromatic rings. The molecular weight excluding hydrogens is 524 g/mol. The summed E-state index contributed by atoms with van der Waals surface area (Å²) in [5.74, 6) is 0. The van der Waals surface area contributed by atoms with Crippen molar-refractivity contribution < 1.29 is 15.0 Å². The van der Waals surface area contributed by atoms with Gasteiger partial charge in [0.25, 0.3) is 0 Å². The molecule has 28 heavy (non-hydrogen) atoms. The Morgan fingerprint density at radius 2 is 1.39 bits per heavy atom. The second kappa shape index (κ2) is 9.55. The van der Waals surface area contributed by atoms with E-state index in [0.29, 0.717) is 25.0 Å². The summed E-state index contributed by atoms with van der Waals surface area (Å²) in [6.45, 7) is 4.20. The number of benzene rings is 2. The van der Waals surface area contributed by atoms with Crippen LogP contribution in [0.1, 0.15) is 5.69 Å². The molecule has 3 N–H and O–H groups in total. The second-order valence-electron chi connectivity index (χ2n) is 5.54. The van der Waals surface area contributed by atoms with E-state index in [4.69, 9.17) is 28.2 Å². The molecule has 0 saturated heterocycles. The second-order valence-corrected chi connectivity index (χ2v) is 8.66. The molecule has 0 aliphatic carbocycles. The third-order valence-electron chi connectivity index (χ3n) is 3.85. The van der Waals surface area contributed by atoms with E-state index < -0.39 is 0 Å². The Hall–Kier alpha value is -1.17. The molecule has 0 radical (unpaired) electrons. The maximum absolute atomic E-state index is 6.29. The van der Waals surface area contributed by atoms with E-state index in [0.717, 1.165) is 41.0 Å². The monoisotopic (exact) mass is 537 g/mol. The van der Waals surface area contributed by atoms with Gasteiger partial charge in [-0.3, -0.25) is 0 Å². The van der Waals surface area contributed by atoms with Crippen molar-refractivity contribution in [2.45, 2.75) is 0 Å². The number of fused-ring (bicyclic) bond motifs is 3. The minimum Gasteiger partial charge on any atom is -0.344 e. The van der Waals surface area contributed by atoms with Crippen LogP contribution in [-0.2, 0) is 15.0 Å². The number of hydrogen-bond acceptors (Lipinski definition) is 3. The molecular formula is C20H15BrCl3FeN3. The third-order valence-corrected chi connectivity index (χ3v) is 6.70. The van der Waals surface area contributed by atoms with Crippen LogP contribution in [0, 0.1) is 0 Å². The standard InChI is InChI=1S/C14H8BrN2.C6H3Cl2.ClH.Fe.H3N/c1-2-11-7-5-9-3-4-10-6-8-12(15)17-14(10)13(9)16-11;7-5-2-1-3-6(8)4-5;;;/h3-8H,1H2;1-3H;1H;;1H3. The average Bonchev–Trinajstić information content (AvgIpc) is 2.64. The van der Waals surface area contributed by atoms with Gasteiger partial charge in [0.2, 0.25) is 0 Å². The van der Waals surface area contributed by atoms with Crippen LogP contribution in [0.5, 0.6) is 0 Å². The summed E-state index contributed by atoms with van der Waals surface area (Å²) in [5, 5.41) is 3.35. The molecule has 0 aliphatic rings. The van der Waals surface area contributed by atoms with E-state index in [1.165, 1.54) is 0 Å². The maximum Gasteiger partial charge on any atom is -0.147 e. The van der Waals surface area contributed by atoms with Gasteiger partial charge in [-0.1, -0.05) is 0 Å². The fourth-order valence-electron chi connectivity index (χ4n) is 2.60. The largest absolute Gasteiger partial charge is 0.344 e. The van der Waals surface area contributed by atoms with E-state index in [-0.39, 0.29) is 18.6 Å². The quantitative estimate of drug-likeness (QED) is 0.177. The Morgan fingerprint density at radius 1 is 0.857 bits per heavy atom. The summed E-state index contributed by atoms with van der Waals surface area (Å²) in [7, 11) is 0. The molecule has 0 saturated carbocycles. The van der Waals surface area contributed by atoms with E-state index in [2.05, 4.69) is 39.6 Å². The molecule has 2 aromatic carbocycles. The molecule has 8 heteroatoms. The summed E-state index contributed by atoms with van der Waals surface area (Å²) >= 11 is 16.6. The van der Waals surface area contributed by atoms with Gasteiger partial charge in [-0.25, -0.2) is 0 Å². The molecule has 0 spiro atoms. The van der Waals surface area contributed by atoms with Crippen molar-refractivity contribution in [3.63, 3.8) is 0 Å². The van der Waals surface area contributed by atoms with E-state index >= 15 is 0 Å². The minimum absolute atomic E-state index is 0. The normalized spacial score (nSPS) is 10.5. The van der Waals surface area contributed by atoms with Crippen LogP contribution in [0.15, 0.2) is 65.8 Å².